The van der Waals surface area contributed by atoms with E-state index in [9.17, 15) is 14.0 Å². The van der Waals surface area contributed by atoms with Crippen LogP contribution in [0.2, 0.25) is 0 Å². The number of allylic oxidation sites excluding steroid dienone is 1. The molecule has 1 rings (SSSR count). The third-order valence-electron chi connectivity index (χ3n) is 4.35. The molecular formula is C18H30FNO4. The van der Waals surface area contributed by atoms with E-state index in [-0.39, 0.29) is 13.1 Å². The summed E-state index contributed by atoms with van der Waals surface area (Å²) in [6, 6.07) is 0. The van der Waals surface area contributed by atoms with Crippen molar-refractivity contribution >= 4 is 12.1 Å². The van der Waals surface area contributed by atoms with Crippen molar-refractivity contribution in [2.45, 2.75) is 58.7 Å². The Bertz CT molecular complexity index is 492. The third-order valence-corrected chi connectivity index (χ3v) is 4.35. The van der Waals surface area contributed by atoms with Gasteiger partial charge in [-0.15, -0.1) is 6.58 Å². The topological polar surface area (TPSA) is 55.8 Å². The molecule has 0 spiro atoms. The standard InChI is InChI=1S/C18H30FNO4/c1-8-9-18(14(21)23-7)10-13(17(5,6)19)11-20(12-18)15(22)24-16(2,3)4/h8,13H,1,9-12H2,2-7H3. The zero-order valence-electron chi connectivity index (χ0n) is 15.6. The van der Waals surface area contributed by atoms with Crippen LogP contribution in [0.1, 0.15) is 47.5 Å². The number of ether oxygens (including phenoxy) is 2. The fourth-order valence-corrected chi connectivity index (χ4v) is 3.09. The van der Waals surface area contributed by atoms with Gasteiger partial charge < -0.3 is 14.4 Å². The predicted octanol–water partition coefficient (Wildman–Crippen LogP) is 3.73. The van der Waals surface area contributed by atoms with E-state index in [0.717, 1.165) is 0 Å². The van der Waals surface area contributed by atoms with Gasteiger partial charge in [0.15, 0.2) is 0 Å². The summed E-state index contributed by atoms with van der Waals surface area (Å²) in [6.07, 6.45) is 1.67. The lowest BCUT2D eigenvalue weighted by molar-refractivity contribution is -0.159. The second-order valence-corrected chi connectivity index (χ2v) is 8.09. The average Bonchev–Trinajstić information content (AvgIpc) is 2.43. The number of rotatable bonds is 4. The molecule has 0 aromatic heterocycles. The van der Waals surface area contributed by atoms with E-state index < -0.39 is 34.7 Å². The normalized spacial score (nSPS) is 25.1. The number of piperidine rings is 1. The molecule has 1 heterocycles. The van der Waals surface area contributed by atoms with Crippen LogP contribution in [-0.4, -0.2) is 48.4 Å². The van der Waals surface area contributed by atoms with E-state index in [1.807, 2.05) is 0 Å². The number of carbonyl (C=O) groups excluding carboxylic acids is 2. The number of hydrogen-bond donors (Lipinski definition) is 0. The van der Waals surface area contributed by atoms with Crippen LogP contribution in [0.15, 0.2) is 12.7 Å². The Morgan fingerprint density at radius 3 is 2.33 bits per heavy atom. The van der Waals surface area contributed by atoms with E-state index in [0.29, 0.717) is 12.8 Å². The van der Waals surface area contributed by atoms with Gasteiger partial charge in [0.1, 0.15) is 11.3 Å². The van der Waals surface area contributed by atoms with E-state index in [1.54, 1.807) is 26.8 Å². The van der Waals surface area contributed by atoms with Gasteiger partial charge in [-0.25, -0.2) is 9.18 Å². The second-order valence-electron chi connectivity index (χ2n) is 8.09. The van der Waals surface area contributed by atoms with Crippen molar-refractivity contribution in [1.29, 1.82) is 0 Å². The van der Waals surface area contributed by atoms with Crippen molar-refractivity contribution in [2.75, 3.05) is 20.2 Å². The minimum atomic E-state index is -1.54. The van der Waals surface area contributed by atoms with E-state index in [4.69, 9.17) is 9.47 Å². The summed E-state index contributed by atoms with van der Waals surface area (Å²) in [6.45, 7) is 12.3. The molecule has 0 saturated carbocycles. The Morgan fingerprint density at radius 1 is 1.33 bits per heavy atom. The lowest BCUT2D eigenvalue weighted by Crippen LogP contribution is -2.57. The number of methoxy groups -OCH3 is 1. The number of alkyl halides is 1. The SMILES string of the molecule is C=CCC1(C(=O)OC)CC(C(C)(C)F)CN(C(=O)OC(C)(C)C)C1. The highest BCUT2D eigenvalue weighted by Crippen LogP contribution is 2.43. The molecule has 0 N–H and O–H groups in total. The van der Waals surface area contributed by atoms with Gasteiger partial charge in [-0.1, -0.05) is 6.08 Å². The molecule has 1 saturated heterocycles. The highest BCUT2D eigenvalue weighted by molar-refractivity contribution is 5.79. The molecule has 0 aliphatic carbocycles. The fraction of sp³-hybridized carbons (Fsp3) is 0.778. The summed E-state index contributed by atoms with van der Waals surface area (Å²) in [4.78, 5) is 26.3. The summed E-state index contributed by atoms with van der Waals surface area (Å²) in [7, 11) is 1.30. The summed E-state index contributed by atoms with van der Waals surface area (Å²) in [5.41, 5.74) is -3.21. The van der Waals surface area contributed by atoms with Gasteiger partial charge in [-0.05, 0) is 47.5 Å². The van der Waals surface area contributed by atoms with Crippen LogP contribution < -0.4 is 0 Å². The largest absolute Gasteiger partial charge is 0.469 e. The molecule has 24 heavy (non-hydrogen) atoms. The number of hydrogen-bond acceptors (Lipinski definition) is 4. The predicted molar refractivity (Wildman–Crippen MR) is 90.4 cm³/mol. The molecule has 2 unspecified atom stereocenters. The van der Waals surface area contributed by atoms with Crippen molar-refractivity contribution in [3.05, 3.63) is 12.7 Å². The van der Waals surface area contributed by atoms with Crippen molar-refractivity contribution in [3.8, 4) is 0 Å². The highest BCUT2D eigenvalue weighted by atomic mass is 19.1. The monoisotopic (exact) mass is 343 g/mol. The molecule has 5 nitrogen and oxygen atoms in total. The first kappa shape index (κ1) is 20.5. The minimum Gasteiger partial charge on any atom is -0.469 e. The summed E-state index contributed by atoms with van der Waals surface area (Å²) < 4.78 is 25.0. The molecule has 1 aliphatic rings. The van der Waals surface area contributed by atoms with Crippen LogP contribution in [-0.2, 0) is 14.3 Å². The van der Waals surface area contributed by atoms with E-state index in [2.05, 4.69) is 6.58 Å². The highest BCUT2D eigenvalue weighted by Gasteiger charge is 2.51. The lowest BCUT2D eigenvalue weighted by Gasteiger charge is -2.46. The van der Waals surface area contributed by atoms with Crippen molar-refractivity contribution in [1.82, 2.24) is 4.90 Å². The van der Waals surface area contributed by atoms with Gasteiger partial charge in [-0.2, -0.15) is 0 Å². The van der Waals surface area contributed by atoms with Gasteiger partial charge in [0, 0.05) is 19.0 Å². The molecule has 1 amide bonds. The lowest BCUT2D eigenvalue weighted by atomic mass is 9.69. The first-order chi connectivity index (χ1) is 10.8. The van der Waals surface area contributed by atoms with Gasteiger partial charge in [0.2, 0.25) is 0 Å². The number of esters is 1. The second kappa shape index (κ2) is 7.11. The van der Waals surface area contributed by atoms with Gasteiger partial charge in [0.25, 0.3) is 0 Å². The summed E-state index contributed by atoms with van der Waals surface area (Å²) >= 11 is 0. The Kier molecular flexibility index (Phi) is 6.06. The minimum absolute atomic E-state index is 0.132. The van der Waals surface area contributed by atoms with Crippen LogP contribution in [0.4, 0.5) is 9.18 Å². The van der Waals surface area contributed by atoms with Crippen molar-refractivity contribution in [3.63, 3.8) is 0 Å². The third kappa shape index (κ3) is 4.95. The molecule has 1 aliphatic heterocycles. The van der Waals surface area contributed by atoms with E-state index >= 15 is 0 Å². The maximum Gasteiger partial charge on any atom is 0.410 e. The number of likely N-dealkylation sites (tertiary alicyclic amines) is 1. The van der Waals surface area contributed by atoms with Crippen molar-refractivity contribution < 1.29 is 23.5 Å². The average molecular weight is 343 g/mol. The molecule has 0 aromatic rings. The zero-order chi connectivity index (χ0) is 18.8. The molecule has 0 aromatic carbocycles. The van der Waals surface area contributed by atoms with Crippen LogP contribution in [0.3, 0.4) is 0 Å². The molecule has 138 valence electrons. The zero-order valence-corrected chi connectivity index (χ0v) is 15.6. The Hall–Kier alpha value is -1.59. The smallest absolute Gasteiger partial charge is 0.410 e. The van der Waals surface area contributed by atoms with Crippen LogP contribution in [0, 0.1) is 11.3 Å². The number of amides is 1. The van der Waals surface area contributed by atoms with Crippen LogP contribution in [0.5, 0.6) is 0 Å². The van der Waals surface area contributed by atoms with Crippen LogP contribution in [0.25, 0.3) is 0 Å². The molecule has 0 radical (unpaired) electrons. The van der Waals surface area contributed by atoms with E-state index in [1.165, 1.54) is 25.9 Å². The molecule has 2 atom stereocenters. The van der Waals surface area contributed by atoms with Gasteiger partial charge in [0.05, 0.1) is 12.5 Å². The first-order valence-electron chi connectivity index (χ1n) is 8.21. The fourth-order valence-electron chi connectivity index (χ4n) is 3.09. The maximum atomic E-state index is 14.6. The molecule has 0 bridgehead atoms. The van der Waals surface area contributed by atoms with Crippen molar-refractivity contribution in [2.24, 2.45) is 11.3 Å². The maximum absolute atomic E-state index is 14.6. The summed E-state index contributed by atoms with van der Waals surface area (Å²) in [5, 5.41) is 0. The Morgan fingerprint density at radius 2 is 1.92 bits per heavy atom. The van der Waals surface area contributed by atoms with Gasteiger partial charge in [-0.3, -0.25) is 4.79 Å². The van der Waals surface area contributed by atoms with Gasteiger partial charge >= 0.3 is 12.1 Å². The molecule has 6 heteroatoms. The number of halogens is 1. The van der Waals surface area contributed by atoms with Crippen LogP contribution >= 0.6 is 0 Å². The molecule has 1 fully saturated rings. The number of carbonyl (C=O) groups is 2. The summed E-state index contributed by atoms with van der Waals surface area (Å²) in [5.74, 6) is -0.956. The Labute approximate surface area is 144 Å². The first-order valence-corrected chi connectivity index (χ1v) is 8.21. The molecular weight excluding hydrogens is 313 g/mol. The quantitative estimate of drug-likeness (QED) is 0.576. The Balaban J connectivity index is 3.19. The number of nitrogens with zero attached hydrogens (tertiary/aromatic N) is 1.